The van der Waals surface area contributed by atoms with Crippen molar-refractivity contribution in [2.24, 2.45) is 16.0 Å². The third-order valence-corrected chi connectivity index (χ3v) is 4.00. The van der Waals surface area contributed by atoms with Gasteiger partial charge in [-0.15, -0.1) is 10.2 Å². The maximum absolute atomic E-state index is 10.8. The molecule has 1 heterocycles. The normalized spacial score (nSPS) is 11.0. The van der Waals surface area contributed by atoms with Gasteiger partial charge in [-0.3, -0.25) is 10.1 Å². The van der Waals surface area contributed by atoms with Crippen LogP contribution < -0.4 is 5.73 Å². The highest BCUT2D eigenvalue weighted by Gasteiger charge is 2.21. The summed E-state index contributed by atoms with van der Waals surface area (Å²) in [6.07, 6.45) is 0. The van der Waals surface area contributed by atoms with E-state index < -0.39 is 10.8 Å². The fraction of sp³-hybridized carbons (Fsp3) is 0. The molecular weight excluding hydrogens is 392 g/mol. The Morgan fingerprint density at radius 1 is 1.22 bits per heavy atom. The Kier molecular flexibility index (Phi) is 5.10. The Labute approximate surface area is 162 Å². The summed E-state index contributed by atoms with van der Waals surface area (Å²) >= 11 is 10.9. The van der Waals surface area contributed by atoms with Crippen LogP contribution in [0.3, 0.4) is 0 Å². The van der Waals surface area contributed by atoms with E-state index in [9.17, 15) is 15.2 Å². The topological polar surface area (TPSA) is 132 Å². The molecule has 0 bridgehead atoms. The van der Waals surface area contributed by atoms with Gasteiger partial charge in [-0.1, -0.05) is 23.7 Å². The summed E-state index contributed by atoms with van der Waals surface area (Å²) in [5, 5.41) is 33.6. The predicted molar refractivity (Wildman–Crippen MR) is 104 cm³/mol. The van der Waals surface area contributed by atoms with Crippen molar-refractivity contribution < 1.29 is 10.0 Å². The van der Waals surface area contributed by atoms with E-state index in [1.54, 1.807) is 24.3 Å². The number of thiocarbonyl (C=S) groups is 1. The Morgan fingerprint density at radius 3 is 2.48 bits per heavy atom. The van der Waals surface area contributed by atoms with Crippen LogP contribution in [-0.2, 0) is 0 Å². The Bertz CT molecular complexity index is 1060. The molecule has 0 aliphatic heterocycles. The average Bonchev–Trinajstić information content (AvgIpc) is 2.98. The fourth-order valence-electron chi connectivity index (χ4n) is 2.22. The van der Waals surface area contributed by atoms with Gasteiger partial charge in [0.05, 0.1) is 9.95 Å². The maximum Gasteiger partial charge on any atom is 0.269 e. The highest BCUT2D eigenvalue weighted by Crippen LogP contribution is 2.39. The third kappa shape index (κ3) is 3.76. The number of nitro groups is 1. The van der Waals surface area contributed by atoms with Crippen LogP contribution in [0.15, 0.2) is 58.8 Å². The molecule has 0 saturated carbocycles. The van der Waals surface area contributed by atoms with E-state index in [4.69, 9.17) is 29.6 Å². The van der Waals surface area contributed by atoms with E-state index in [1.165, 1.54) is 24.3 Å². The van der Waals surface area contributed by atoms with Crippen molar-refractivity contribution in [3.05, 3.63) is 63.7 Å². The standard InChI is InChI=1S/C16H11ClN6O3S/c17-11-3-1-2-4-12(11)19-20-14-13(21-22(15(14)24)16(18)27)9-5-7-10(8-6-9)23(25)26/h1-8,24H,(H2,18,27)/b20-19+. The molecule has 0 unspecified atom stereocenters. The van der Waals surface area contributed by atoms with Gasteiger partial charge in [0.15, 0.2) is 10.8 Å². The molecule has 0 spiro atoms. The first kappa shape index (κ1) is 18.4. The van der Waals surface area contributed by atoms with Crippen molar-refractivity contribution in [2.45, 2.75) is 0 Å². The Balaban J connectivity index is 2.11. The molecule has 0 fully saturated rings. The molecule has 1 aromatic heterocycles. The summed E-state index contributed by atoms with van der Waals surface area (Å²) in [6.45, 7) is 0. The second kappa shape index (κ2) is 7.48. The van der Waals surface area contributed by atoms with Crippen molar-refractivity contribution in [2.75, 3.05) is 0 Å². The SMILES string of the molecule is NC(=S)n1nc(-c2ccc([N+](=O)[O-])cc2)c(/N=N/c2ccccc2Cl)c1O. The zero-order valence-corrected chi connectivity index (χ0v) is 15.1. The number of benzene rings is 2. The minimum atomic E-state index is -0.521. The van der Waals surface area contributed by atoms with E-state index in [0.717, 1.165) is 4.68 Å². The van der Waals surface area contributed by atoms with Gasteiger partial charge in [0.2, 0.25) is 5.88 Å². The number of nitrogens with zero attached hydrogens (tertiary/aromatic N) is 5. The molecule has 0 saturated heterocycles. The lowest BCUT2D eigenvalue weighted by Crippen LogP contribution is -2.19. The van der Waals surface area contributed by atoms with Crippen LogP contribution in [-0.4, -0.2) is 24.9 Å². The molecule has 0 amide bonds. The lowest BCUT2D eigenvalue weighted by molar-refractivity contribution is -0.384. The molecule has 27 heavy (non-hydrogen) atoms. The smallest absolute Gasteiger partial charge is 0.269 e. The highest BCUT2D eigenvalue weighted by atomic mass is 35.5. The highest BCUT2D eigenvalue weighted by molar-refractivity contribution is 7.80. The summed E-state index contributed by atoms with van der Waals surface area (Å²) < 4.78 is 0.924. The van der Waals surface area contributed by atoms with Gasteiger partial charge in [-0.2, -0.15) is 9.78 Å². The van der Waals surface area contributed by atoms with E-state index >= 15 is 0 Å². The zero-order valence-electron chi connectivity index (χ0n) is 13.5. The number of rotatable bonds is 4. The minimum absolute atomic E-state index is 0.00317. The molecule has 2 aromatic carbocycles. The first-order valence-electron chi connectivity index (χ1n) is 7.41. The number of nitro benzene ring substituents is 1. The van der Waals surface area contributed by atoms with Crippen molar-refractivity contribution in [1.82, 2.24) is 9.78 Å². The molecule has 11 heteroatoms. The number of azo groups is 1. The second-order valence-corrected chi connectivity index (χ2v) is 6.05. The average molecular weight is 403 g/mol. The first-order chi connectivity index (χ1) is 12.9. The fourth-order valence-corrected chi connectivity index (χ4v) is 2.52. The lowest BCUT2D eigenvalue weighted by atomic mass is 10.1. The van der Waals surface area contributed by atoms with Crippen LogP contribution in [0.25, 0.3) is 11.3 Å². The van der Waals surface area contributed by atoms with Crippen LogP contribution in [0, 0.1) is 10.1 Å². The molecule has 0 atom stereocenters. The molecule has 3 aromatic rings. The zero-order chi connectivity index (χ0) is 19.6. The monoisotopic (exact) mass is 402 g/mol. The minimum Gasteiger partial charge on any atom is -0.492 e. The van der Waals surface area contributed by atoms with Gasteiger partial charge in [0, 0.05) is 17.7 Å². The van der Waals surface area contributed by atoms with Crippen molar-refractivity contribution in [3.63, 3.8) is 0 Å². The van der Waals surface area contributed by atoms with Gasteiger partial charge < -0.3 is 10.8 Å². The summed E-state index contributed by atoms with van der Waals surface area (Å²) in [5.41, 5.74) is 6.51. The molecule has 9 nitrogen and oxygen atoms in total. The van der Waals surface area contributed by atoms with Crippen molar-refractivity contribution in [1.29, 1.82) is 0 Å². The van der Waals surface area contributed by atoms with Gasteiger partial charge in [0.1, 0.15) is 11.4 Å². The molecule has 136 valence electrons. The lowest BCUT2D eigenvalue weighted by Gasteiger charge is -1.99. The number of hydrogen-bond acceptors (Lipinski definition) is 7. The molecule has 0 aliphatic rings. The number of aromatic hydroxyl groups is 1. The van der Waals surface area contributed by atoms with Gasteiger partial charge in [-0.25, -0.2) is 0 Å². The van der Waals surface area contributed by atoms with Gasteiger partial charge in [-0.05, 0) is 36.5 Å². The van der Waals surface area contributed by atoms with Gasteiger partial charge in [0.25, 0.3) is 5.69 Å². The summed E-state index contributed by atoms with van der Waals surface area (Å²) in [7, 11) is 0. The molecule has 0 aliphatic carbocycles. The summed E-state index contributed by atoms with van der Waals surface area (Å²) in [4.78, 5) is 10.3. The van der Waals surface area contributed by atoms with E-state index in [0.29, 0.717) is 16.3 Å². The third-order valence-electron chi connectivity index (χ3n) is 3.51. The van der Waals surface area contributed by atoms with Crippen LogP contribution in [0.2, 0.25) is 5.02 Å². The Hall–Kier alpha value is -3.37. The van der Waals surface area contributed by atoms with Crippen LogP contribution >= 0.6 is 23.8 Å². The maximum atomic E-state index is 10.8. The molecular formula is C16H11ClN6O3S. The van der Waals surface area contributed by atoms with Crippen molar-refractivity contribution in [3.8, 4) is 17.1 Å². The summed E-state index contributed by atoms with van der Waals surface area (Å²) in [6, 6.07) is 12.3. The largest absolute Gasteiger partial charge is 0.492 e. The van der Waals surface area contributed by atoms with Crippen LogP contribution in [0.4, 0.5) is 17.1 Å². The van der Waals surface area contributed by atoms with E-state index in [-0.39, 0.29) is 22.2 Å². The Morgan fingerprint density at radius 2 is 1.89 bits per heavy atom. The number of aromatic nitrogens is 2. The quantitative estimate of drug-likeness (QED) is 0.289. The predicted octanol–water partition coefficient (Wildman–Crippen LogP) is 4.32. The molecule has 3 N–H and O–H groups in total. The molecule has 3 rings (SSSR count). The van der Waals surface area contributed by atoms with E-state index in [2.05, 4.69) is 15.3 Å². The van der Waals surface area contributed by atoms with Crippen LogP contribution in [0.5, 0.6) is 5.88 Å². The number of nitrogens with two attached hydrogens (primary N) is 1. The number of non-ortho nitro benzene ring substituents is 1. The summed E-state index contributed by atoms with van der Waals surface area (Å²) in [5.74, 6) is -0.411. The number of hydrogen-bond donors (Lipinski definition) is 2. The van der Waals surface area contributed by atoms with E-state index in [1.807, 2.05) is 0 Å². The molecule has 0 radical (unpaired) electrons. The van der Waals surface area contributed by atoms with Crippen LogP contribution in [0.1, 0.15) is 0 Å². The second-order valence-electron chi connectivity index (χ2n) is 5.23. The first-order valence-corrected chi connectivity index (χ1v) is 8.20. The van der Waals surface area contributed by atoms with Crippen molar-refractivity contribution >= 4 is 46.0 Å². The van der Waals surface area contributed by atoms with Gasteiger partial charge >= 0.3 is 0 Å². The number of halogens is 1.